The van der Waals surface area contributed by atoms with Crippen molar-refractivity contribution in [2.75, 3.05) is 20.2 Å². The van der Waals surface area contributed by atoms with Crippen LogP contribution in [0.15, 0.2) is 29.3 Å². The van der Waals surface area contributed by atoms with Crippen LogP contribution in [-0.2, 0) is 0 Å². The second kappa shape index (κ2) is 5.54. The minimum absolute atomic E-state index is 0.855. The van der Waals surface area contributed by atoms with Gasteiger partial charge in [-0.15, -0.1) is 0 Å². The minimum atomic E-state index is 0.855. The SMILES string of the molecule is COc1cccc(N=CN2CCCCC2)c1. The first kappa shape index (κ1) is 11.0. The molecule has 0 bridgehead atoms. The largest absolute Gasteiger partial charge is 0.497 e. The number of aliphatic imine (C=N–C) groups is 1. The Balaban J connectivity index is 1.98. The quantitative estimate of drug-likeness (QED) is 0.575. The van der Waals surface area contributed by atoms with Crippen molar-refractivity contribution in [2.24, 2.45) is 4.99 Å². The summed E-state index contributed by atoms with van der Waals surface area (Å²) in [5, 5.41) is 0. The van der Waals surface area contributed by atoms with Gasteiger partial charge in [0.25, 0.3) is 0 Å². The summed E-state index contributed by atoms with van der Waals surface area (Å²) in [6.07, 6.45) is 5.87. The lowest BCUT2D eigenvalue weighted by atomic mass is 10.1. The van der Waals surface area contributed by atoms with Crippen molar-refractivity contribution in [2.45, 2.75) is 19.3 Å². The van der Waals surface area contributed by atoms with Crippen LogP contribution in [0.5, 0.6) is 5.75 Å². The van der Waals surface area contributed by atoms with Gasteiger partial charge in [0.2, 0.25) is 0 Å². The molecule has 1 heterocycles. The average Bonchev–Trinajstić information content (AvgIpc) is 2.38. The molecule has 2 rings (SSSR count). The van der Waals surface area contributed by atoms with Crippen LogP contribution in [0.4, 0.5) is 5.69 Å². The Hall–Kier alpha value is -1.51. The fourth-order valence-electron chi connectivity index (χ4n) is 1.87. The number of rotatable bonds is 3. The molecular weight excluding hydrogens is 200 g/mol. The fourth-order valence-corrected chi connectivity index (χ4v) is 1.87. The van der Waals surface area contributed by atoms with E-state index in [2.05, 4.69) is 9.89 Å². The Morgan fingerprint density at radius 1 is 1.25 bits per heavy atom. The van der Waals surface area contributed by atoms with Crippen LogP contribution in [-0.4, -0.2) is 31.4 Å². The average molecular weight is 218 g/mol. The molecule has 0 unspecified atom stereocenters. The van der Waals surface area contributed by atoms with Crippen LogP contribution in [0.1, 0.15) is 19.3 Å². The number of piperidine rings is 1. The van der Waals surface area contributed by atoms with Crippen molar-refractivity contribution in [3.8, 4) is 5.75 Å². The van der Waals surface area contributed by atoms with E-state index in [0.717, 1.165) is 24.5 Å². The number of ether oxygens (including phenoxy) is 1. The number of nitrogens with zero attached hydrogens (tertiary/aromatic N) is 2. The van der Waals surface area contributed by atoms with Crippen LogP contribution >= 0.6 is 0 Å². The molecule has 1 aliphatic heterocycles. The Bertz CT molecular complexity index is 357. The van der Waals surface area contributed by atoms with E-state index >= 15 is 0 Å². The van der Waals surface area contributed by atoms with Gasteiger partial charge in [0.05, 0.1) is 19.1 Å². The minimum Gasteiger partial charge on any atom is -0.497 e. The number of hydrogen-bond acceptors (Lipinski definition) is 2. The van der Waals surface area contributed by atoms with Crippen LogP contribution in [0.3, 0.4) is 0 Å². The van der Waals surface area contributed by atoms with Crippen LogP contribution < -0.4 is 4.74 Å². The van der Waals surface area contributed by atoms with Crippen molar-refractivity contribution in [3.05, 3.63) is 24.3 Å². The topological polar surface area (TPSA) is 24.8 Å². The molecule has 0 N–H and O–H groups in total. The van der Waals surface area contributed by atoms with Crippen LogP contribution in [0.2, 0.25) is 0 Å². The van der Waals surface area contributed by atoms with Gasteiger partial charge in [-0.05, 0) is 31.4 Å². The molecule has 86 valence electrons. The zero-order valence-electron chi connectivity index (χ0n) is 9.72. The fraction of sp³-hybridized carbons (Fsp3) is 0.462. The summed E-state index contributed by atoms with van der Waals surface area (Å²) >= 11 is 0. The number of benzene rings is 1. The highest BCUT2D eigenvalue weighted by molar-refractivity contribution is 5.62. The first-order chi connectivity index (χ1) is 7.88. The van der Waals surface area contributed by atoms with E-state index in [1.165, 1.54) is 19.3 Å². The van der Waals surface area contributed by atoms with Gasteiger partial charge >= 0.3 is 0 Å². The van der Waals surface area contributed by atoms with Gasteiger partial charge < -0.3 is 9.64 Å². The van der Waals surface area contributed by atoms with E-state index in [1.54, 1.807) is 7.11 Å². The lowest BCUT2D eigenvalue weighted by Crippen LogP contribution is -2.27. The molecule has 0 spiro atoms. The molecular formula is C13H18N2O. The van der Waals surface area contributed by atoms with Crippen LogP contribution in [0, 0.1) is 0 Å². The molecule has 0 atom stereocenters. The van der Waals surface area contributed by atoms with Gasteiger partial charge in [0.15, 0.2) is 0 Å². The number of methoxy groups -OCH3 is 1. The molecule has 1 fully saturated rings. The van der Waals surface area contributed by atoms with E-state index in [0.29, 0.717) is 0 Å². The van der Waals surface area contributed by atoms with Gasteiger partial charge in [0.1, 0.15) is 5.75 Å². The highest BCUT2D eigenvalue weighted by Gasteiger charge is 2.05. The summed E-state index contributed by atoms with van der Waals surface area (Å²) in [4.78, 5) is 6.74. The second-order valence-electron chi connectivity index (χ2n) is 4.04. The Morgan fingerprint density at radius 2 is 2.06 bits per heavy atom. The standard InChI is InChI=1S/C13H18N2O/c1-16-13-7-5-6-12(10-13)14-11-15-8-3-2-4-9-15/h5-7,10-11H,2-4,8-9H2,1H3. The van der Waals surface area contributed by atoms with Gasteiger partial charge in [0, 0.05) is 19.2 Å². The predicted molar refractivity (Wildman–Crippen MR) is 66.6 cm³/mol. The molecule has 16 heavy (non-hydrogen) atoms. The summed E-state index contributed by atoms with van der Waals surface area (Å²) in [6.45, 7) is 2.26. The molecule has 1 saturated heterocycles. The first-order valence-corrected chi connectivity index (χ1v) is 5.81. The van der Waals surface area contributed by atoms with Crippen molar-refractivity contribution in [3.63, 3.8) is 0 Å². The van der Waals surface area contributed by atoms with Crippen molar-refractivity contribution in [1.29, 1.82) is 0 Å². The molecule has 0 saturated carbocycles. The number of hydrogen-bond donors (Lipinski definition) is 0. The van der Waals surface area contributed by atoms with Crippen molar-refractivity contribution < 1.29 is 4.74 Å². The highest BCUT2D eigenvalue weighted by atomic mass is 16.5. The van der Waals surface area contributed by atoms with E-state index in [4.69, 9.17) is 4.74 Å². The van der Waals surface area contributed by atoms with E-state index in [9.17, 15) is 0 Å². The van der Waals surface area contributed by atoms with E-state index in [-0.39, 0.29) is 0 Å². The predicted octanol–water partition coefficient (Wildman–Crippen LogP) is 2.84. The van der Waals surface area contributed by atoms with Gasteiger partial charge in [-0.25, -0.2) is 4.99 Å². The lowest BCUT2D eigenvalue weighted by Gasteiger charge is -2.23. The summed E-state index contributed by atoms with van der Waals surface area (Å²) in [7, 11) is 1.67. The normalized spacial score (nSPS) is 16.7. The maximum Gasteiger partial charge on any atom is 0.121 e. The smallest absolute Gasteiger partial charge is 0.121 e. The molecule has 0 aliphatic carbocycles. The molecule has 1 aromatic carbocycles. The van der Waals surface area contributed by atoms with Crippen molar-refractivity contribution in [1.82, 2.24) is 4.90 Å². The molecule has 1 aromatic rings. The Kier molecular flexibility index (Phi) is 3.81. The summed E-state index contributed by atoms with van der Waals surface area (Å²) in [5.41, 5.74) is 0.949. The molecule has 0 aromatic heterocycles. The van der Waals surface area contributed by atoms with E-state index in [1.807, 2.05) is 30.6 Å². The summed E-state index contributed by atoms with van der Waals surface area (Å²) in [5.74, 6) is 0.855. The van der Waals surface area contributed by atoms with Gasteiger partial charge in [-0.1, -0.05) is 6.07 Å². The Labute approximate surface area is 96.7 Å². The highest BCUT2D eigenvalue weighted by Crippen LogP contribution is 2.19. The first-order valence-electron chi connectivity index (χ1n) is 5.81. The van der Waals surface area contributed by atoms with E-state index < -0.39 is 0 Å². The molecule has 0 amide bonds. The maximum absolute atomic E-state index is 5.16. The third-order valence-corrected chi connectivity index (χ3v) is 2.81. The number of likely N-dealkylation sites (tertiary alicyclic amines) is 1. The molecule has 3 nitrogen and oxygen atoms in total. The maximum atomic E-state index is 5.16. The monoisotopic (exact) mass is 218 g/mol. The van der Waals surface area contributed by atoms with Gasteiger partial charge in [-0.2, -0.15) is 0 Å². The zero-order valence-corrected chi connectivity index (χ0v) is 9.72. The third kappa shape index (κ3) is 2.99. The summed E-state index contributed by atoms with van der Waals surface area (Å²) in [6, 6.07) is 7.82. The Morgan fingerprint density at radius 3 is 2.81 bits per heavy atom. The van der Waals surface area contributed by atoms with Crippen LogP contribution in [0.25, 0.3) is 0 Å². The lowest BCUT2D eigenvalue weighted by molar-refractivity contribution is 0.351. The zero-order chi connectivity index (χ0) is 11.2. The van der Waals surface area contributed by atoms with Crippen molar-refractivity contribution >= 4 is 12.0 Å². The van der Waals surface area contributed by atoms with Gasteiger partial charge in [-0.3, -0.25) is 0 Å². The third-order valence-electron chi connectivity index (χ3n) is 2.81. The molecule has 0 radical (unpaired) electrons. The molecule has 1 aliphatic rings. The second-order valence-corrected chi connectivity index (χ2v) is 4.04. The molecule has 3 heteroatoms. The summed E-state index contributed by atoms with van der Waals surface area (Å²) < 4.78 is 5.16.